The third-order valence-corrected chi connectivity index (χ3v) is 4.70. The fourth-order valence-corrected chi connectivity index (χ4v) is 3.34. The number of nitrogens with one attached hydrogen (secondary N) is 1. The zero-order valence-electron chi connectivity index (χ0n) is 14.4. The molecular formula is C18H29ClN2O2. The van der Waals surface area contributed by atoms with Crippen LogP contribution in [0.15, 0.2) is 18.2 Å². The van der Waals surface area contributed by atoms with Gasteiger partial charge in [0.25, 0.3) is 0 Å². The van der Waals surface area contributed by atoms with Gasteiger partial charge >= 0.3 is 0 Å². The molecule has 2 unspecified atom stereocenters. The minimum Gasteiger partial charge on any atom is -0.496 e. The van der Waals surface area contributed by atoms with Crippen molar-refractivity contribution in [2.45, 2.75) is 51.5 Å². The smallest absolute Gasteiger partial charge is 0.224 e. The van der Waals surface area contributed by atoms with Crippen molar-refractivity contribution in [2.24, 2.45) is 11.7 Å². The molecule has 1 fully saturated rings. The summed E-state index contributed by atoms with van der Waals surface area (Å²) in [6, 6.07) is 6.12. The maximum Gasteiger partial charge on any atom is 0.224 e. The van der Waals surface area contributed by atoms with Crippen LogP contribution < -0.4 is 15.8 Å². The first-order valence-electron chi connectivity index (χ1n) is 8.14. The molecule has 0 aromatic heterocycles. The average Bonchev–Trinajstić information content (AvgIpc) is 2.47. The molecule has 2 rings (SSSR count). The number of amides is 1. The van der Waals surface area contributed by atoms with E-state index in [9.17, 15) is 4.79 Å². The van der Waals surface area contributed by atoms with Crippen molar-refractivity contribution in [3.05, 3.63) is 29.3 Å². The van der Waals surface area contributed by atoms with Gasteiger partial charge in [-0.15, -0.1) is 12.4 Å². The fraction of sp³-hybridized carbons (Fsp3) is 0.611. The molecule has 23 heavy (non-hydrogen) atoms. The molecule has 1 saturated carbocycles. The number of nitrogens with two attached hydrogens (primary N) is 1. The van der Waals surface area contributed by atoms with E-state index < -0.39 is 0 Å². The summed E-state index contributed by atoms with van der Waals surface area (Å²) in [4.78, 5) is 12.4. The van der Waals surface area contributed by atoms with Crippen molar-refractivity contribution in [1.82, 2.24) is 5.32 Å². The van der Waals surface area contributed by atoms with Crippen LogP contribution in [0.5, 0.6) is 5.75 Å². The van der Waals surface area contributed by atoms with Gasteiger partial charge in [-0.25, -0.2) is 0 Å². The third kappa shape index (κ3) is 5.11. The number of benzene rings is 1. The number of methoxy groups -OCH3 is 1. The summed E-state index contributed by atoms with van der Waals surface area (Å²) < 4.78 is 5.37. The topological polar surface area (TPSA) is 64.3 Å². The SMILES string of the molecule is COc1ccc(C)cc1CCNC(=O)C1CCCCC1(C)N.Cl. The Hall–Kier alpha value is -1.26. The van der Waals surface area contributed by atoms with E-state index in [0.717, 1.165) is 43.4 Å². The van der Waals surface area contributed by atoms with Gasteiger partial charge < -0.3 is 15.8 Å². The lowest BCUT2D eigenvalue weighted by Crippen LogP contribution is -2.53. The van der Waals surface area contributed by atoms with Gasteiger partial charge in [0, 0.05) is 12.1 Å². The average molecular weight is 341 g/mol. The number of hydrogen-bond acceptors (Lipinski definition) is 3. The van der Waals surface area contributed by atoms with E-state index in [2.05, 4.69) is 18.3 Å². The van der Waals surface area contributed by atoms with Crippen molar-refractivity contribution in [3.63, 3.8) is 0 Å². The second-order valence-electron chi connectivity index (χ2n) is 6.66. The molecule has 0 aliphatic heterocycles. The predicted octanol–water partition coefficient (Wildman–Crippen LogP) is 2.99. The normalized spacial score (nSPS) is 23.7. The van der Waals surface area contributed by atoms with Crippen molar-refractivity contribution in [3.8, 4) is 5.75 Å². The summed E-state index contributed by atoms with van der Waals surface area (Å²) in [7, 11) is 1.68. The molecule has 0 radical (unpaired) electrons. The van der Waals surface area contributed by atoms with E-state index in [0.29, 0.717) is 6.54 Å². The molecule has 1 aromatic rings. The Balaban J connectivity index is 0.00000264. The van der Waals surface area contributed by atoms with Crippen LogP contribution in [0.4, 0.5) is 0 Å². The van der Waals surface area contributed by atoms with E-state index in [1.54, 1.807) is 7.11 Å². The van der Waals surface area contributed by atoms with Gasteiger partial charge in [0.15, 0.2) is 0 Å². The van der Waals surface area contributed by atoms with Crippen molar-refractivity contribution in [1.29, 1.82) is 0 Å². The van der Waals surface area contributed by atoms with Gasteiger partial charge in [-0.2, -0.15) is 0 Å². The molecule has 0 heterocycles. The van der Waals surface area contributed by atoms with Gasteiger partial charge in [0.2, 0.25) is 5.91 Å². The largest absolute Gasteiger partial charge is 0.496 e. The lowest BCUT2D eigenvalue weighted by molar-refractivity contribution is -0.128. The lowest BCUT2D eigenvalue weighted by Gasteiger charge is -2.37. The van der Waals surface area contributed by atoms with Crippen molar-refractivity contribution >= 4 is 18.3 Å². The number of carbonyl (C=O) groups excluding carboxylic acids is 1. The molecule has 1 aliphatic rings. The Labute approximate surface area is 145 Å². The van der Waals surface area contributed by atoms with E-state index >= 15 is 0 Å². The first-order chi connectivity index (χ1) is 10.4. The zero-order chi connectivity index (χ0) is 16.2. The molecule has 1 amide bonds. The number of halogens is 1. The summed E-state index contributed by atoms with van der Waals surface area (Å²) in [5.41, 5.74) is 8.24. The number of aryl methyl sites for hydroxylation is 1. The molecule has 0 spiro atoms. The molecule has 1 aromatic carbocycles. The molecule has 3 N–H and O–H groups in total. The summed E-state index contributed by atoms with van der Waals surface area (Å²) >= 11 is 0. The van der Waals surface area contributed by atoms with E-state index in [4.69, 9.17) is 10.5 Å². The van der Waals surface area contributed by atoms with Crippen LogP contribution in [0.25, 0.3) is 0 Å². The van der Waals surface area contributed by atoms with Crippen LogP contribution in [0.3, 0.4) is 0 Å². The van der Waals surface area contributed by atoms with Crippen LogP contribution in [-0.4, -0.2) is 25.1 Å². The number of rotatable bonds is 5. The summed E-state index contributed by atoms with van der Waals surface area (Å²) in [6.07, 6.45) is 4.81. The van der Waals surface area contributed by atoms with Gasteiger partial charge in [-0.1, -0.05) is 30.5 Å². The van der Waals surface area contributed by atoms with Crippen LogP contribution >= 0.6 is 12.4 Å². The Morgan fingerprint density at radius 3 is 2.83 bits per heavy atom. The zero-order valence-corrected chi connectivity index (χ0v) is 15.2. The highest BCUT2D eigenvalue weighted by Crippen LogP contribution is 2.31. The maximum atomic E-state index is 12.4. The van der Waals surface area contributed by atoms with E-state index in [-0.39, 0.29) is 29.8 Å². The minimum absolute atomic E-state index is 0. The molecule has 0 saturated heterocycles. The Bertz CT molecular complexity index is 532. The van der Waals surface area contributed by atoms with E-state index in [1.807, 2.05) is 19.1 Å². The Morgan fingerprint density at radius 2 is 2.17 bits per heavy atom. The lowest BCUT2D eigenvalue weighted by atomic mass is 9.74. The maximum absolute atomic E-state index is 12.4. The predicted molar refractivity (Wildman–Crippen MR) is 96.2 cm³/mol. The van der Waals surface area contributed by atoms with Crippen LogP contribution in [0.1, 0.15) is 43.7 Å². The third-order valence-electron chi connectivity index (χ3n) is 4.70. The van der Waals surface area contributed by atoms with Crippen molar-refractivity contribution < 1.29 is 9.53 Å². The van der Waals surface area contributed by atoms with E-state index in [1.165, 1.54) is 5.56 Å². The molecule has 5 heteroatoms. The highest BCUT2D eigenvalue weighted by atomic mass is 35.5. The second-order valence-corrected chi connectivity index (χ2v) is 6.66. The van der Waals surface area contributed by atoms with Gasteiger partial charge in [-0.05, 0) is 44.7 Å². The van der Waals surface area contributed by atoms with Gasteiger partial charge in [-0.3, -0.25) is 4.79 Å². The molecule has 0 bridgehead atoms. The van der Waals surface area contributed by atoms with Gasteiger partial charge in [0.1, 0.15) is 5.75 Å². The number of hydrogen-bond donors (Lipinski definition) is 2. The summed E-state index contributed by atoms with van der Waals surface area (Å²) in [5, 5.41) is 3.05. The number of carbonyl (C=O) groups is 1. The number of ether oxygens (including phenoxy) is 1. The van der Waals surface area contributed by atoms with Crippen LogP contribution in [-0.2, 0) is 11.2 Å². The van der Waals surface area contributed by atoms with Gasteiger partial charge in [0.05, 0.1) is 13.0 Å². The Kier molecular flexibility index (Phi) is 7.36. The van der Waals surface area contributed by atoms with Crippen LogP contribution in [0.2, 0.25) is 0 Å². The highest BCUT2D eigenvalue weighted by Gasteiger charge is 2.37. The molecule has 1 aliphatic carbocycles. The summed E-state index contributed by atoms with van der Waals surface area (Å²) in [6.45, 7) is 4.68. The minimum atomic E-state index is -0.372. The summed E-state index contributed by atoms with van der Waals surface area (Å²) in [5.74, 6) is 0.901. The Morgan fingerprint density at radius 1 is 1.43 bits per heavy atom. The second kappa shape index (κ2) is 8.55. The molecule has 130 valence electrons. The molecule has 4 nitrogen and oxygen atoms in total. The first kappa shape index (κ1) is 19.8. The monoisotopic (exact) mass is 340 g/mol. The fourth-order valence-electron chi connectivity index (χ4n) is 3.34. The highest BCUT2D eigenvalue weighted by molar-refractivity contribution is 5.85. The molecular weight excluding hydrogens is 312 g/mol. The van der Waals surface area contributed by atoms with Crippen LogP contribution in [0, 0.1) is 12.8 Å². The standard InChI is InChI=1S/C18H28N2O2.ClH/c1-13-7-8-16(22-3)14(12-13)9-11-20-17(21)15-6-4-5-10-18(15,2)19;/h7-8,12,15H,4-6,9-11,19H2,1-3H3,(H,20,21);1H. The molecule has 2 atom stereocenters. The van der Waals surface area contributed by atoms with Crippen molar-refractivity contribution in [2.75, 3.05) is 13.7 Å². The first-order valence-corrected chi connectivity index (χ1v) is 8.14. The quantitative estimate of drug-likeness (QED) is 0.866.